The van der Waals surface area contributed by atoms with Gasteiger partial charge in [-0.05, 0) is 79.0 Å². The molecule has 0 aromatic heterocycles. The van der Waals surface area contributed by atoms with Crippen molar-refractivity contribution in [1.29, 1.82) is 0 Å². The van der Waals surface area contributed by atoms with Crippen molar-refractivity contribution >= 4 is 17.7 Å². The van der Waals surface area contributed by atoms with Gasteiger partial charge in [-0.2, -0.15) is 0 Å². The van der Waals surface area contributed by atoms with E-state index in [2.05, 4.69) is 25.5 Å². The maximum atomic E-state index is 13.6. The molecule has 0 atom stereocenters. The lowest BCUT2D eigenvalue weighted by molar-refractivity contribution is -0.274. The number of hydrogen-bond donors (Lipinski definition) is 1. The summed E-state index contributed by atoms with van der Waals surface area (Å²) in [4.78, 5) is 28.3. The summed E-state index contributed by atoms with van der Waals surface area (Å²) in [6.45, 7) is 8.15. The highest BCUT2D eigenvalue weighted by Gasteiger charge is 2.46. The lowest BCUT2D eigenvalue weighted by Crippen LogP contribution is -2.59. The van der Waals surface area contributed by atoms with Crippen LogP contribution in [0, 0.1) is 16.7 Å². The Balaban J connectivity index is 1.60. The molecule has 2 aromatic carbocycles. The van der Waals surface area contributed by atoms with E-state index in [4.69, 9.17) is 0 Å². The van der Waals surface area contributed by atoms with E-state index in [-0.39, 0.29) is 28.2 Å². The Hall–Kier alpha value is -3.23. The highest BCUT2D eigenvalue weighted by molar-refractivity contribution is 5.93. The molecule has 9 heteroatoms. The fourth-order valence-electron chi connectivity index (χ4n) is 5.63. The number of aromatic carboxylic acids is 1. The SMILES string of the molecule is CC(C)(C)C1CCC2(CC1)CN(Cc1ccc(C(=O)O)cc1)C(=O)N(c1ccc(OC(F)(F)F)cc1)C2. The fourth-order valence-corrected chi connectivity index (χ4v) is 5.63. The van der Waals surface area contributed by atoms with Crippen LogP contribution in [0.5, 0.6) is 5.75 Å². The van der Waals surface area contributed by atoms with Gasteiger partial charge in [-0.15, -0.1) is 13.2 Å². The Kier molecular flexibility index (Phi) is 7.18. The summed E-state index contributed by atoms with van der Waals surface area (Å²) in [5, 5.41) is 9.18. The molecule has 1 saturated heterocycles. The number of carbonyl (C=O) groups is 2. The number of hydrogen-bond acceptors (Lipinski definition) is 3. The zero-order chi connectivity index (χ0) is 27.0. The molecule has 4 rings (SSSR count). The number of carbonyl (C=O) groups excluding carboxylic acids is 1. The van der Waals surface area contributed by atoms with E-state index in [0.29, 0.717) is 31.2 Å². The largest absolute Gasteiger partial charge is 0.573 e. The summed E-state index contributed by atoms with van der Waals surface area (Å²) in [6, 6.07) is 11.7. The molecule has 1 aliphatic carbocycles. The number of rotatable bonds is 5. The number of benzene rings is 2. The minimum absolute atomic E-state index is 0.141. The number of ether oxygens (including phenoxy) is 1. The third kappa shape index (κ3) is 6.37. The van der Waals surface area contributed by atoms with Gasteiger partial charge in [-0.1, -0.05) is 32.9 Å². The lowest BCUT2D eigenvalue weighted by Gasteiger charge is -2.52. The second-order valence-corrected chi connectivity index (χ2v) is 11.4. The van der Waals surface area contributed by atoms with Crippen LogP contribution in [0.25, 0.3) is 0 Å². The second-order valence-electron chi connectivity index (χ2n) is 11.4. The van der Waals surface area contributed by atoms with E-state index in [1.54, 1.807) is 21.9 Å². The van der Waals surface area contributed by atoms with Gasteiger partial charge in [0.2, 0.25) is 0 Å². The molecule has 200 valence electrons. The van der Waals surface area contributed by atoms with Crippen LogP contribution >= 0.6 is 0 Å². The Labute approximate surface area is 215 Å². The van der Waals surface area contributed by atoms with Crippen LogP contribution < -0.4 is 9.64 Å². The molecule has 2 fully saturated rings. The minimum Gasteiger partial charge on any atom is -0.478 e. The number of urea groups is 1. The van der Waals surface area contributed by atoms with Crippen molar-refractivity contribution in [3.05, 3.63) is 59.7 Å². The van der Waals surface area contributed by atoms with Crippen molar-refractivity contribution < 1.29 is 32.6 Å². The molecular weight excluding hydrogens is 485 g/mol. The molecule has 6 nitrogen and oxygen atoms in total. The van der Waals surface area contributed by atoms with E-state index in [1.165, 1.54) is 36.4 Å². The average molecular weight is 519 g/mol. The van der Waals surface area contributed by atoms with Gasteiger partial charge in [-0.3, -0.25) is 4.90 Å². The molecule has 37 heavy (non-hydrogen) atoms. The molecule has 1 spiro atoms. The molecule has 1 aliphatic heterocycles. The number of carboxylic acid groups (broad SMARTS) is 1. The second kappa shape index (κ2) is 9.91. The van der Waals surface area contributed by atoms with Crippen molar-refractivity contribution in [2.75, 3.05) is 18.0 Å². The smallest absolute Gasteiger partial charge is 0.478 e. The fraction of sp³-hybridized carbons (Fsp3) is 0.500. The van der Waals surface area contributed by atoms with Crippen molar-refractivity contribution in [3.63, 3.8) is 0 Å². The van der Waals surface area contributed by atoms with Gasteiger partial charge >= 0.3 is 18.4 Å². The predicted octanol–water partition coefficient (Wildman–Crippen LogP) is 6.95. The monoisotopic (exact) mass is 518 g/mol. The number of nitrogens with zero attached hydrogens (tertiary/aromatic N) is 2. The summed E-state index contributed by atoms with van der Waals surface area (Å²) < 4.78 is 41.8. The number of amides is 2. The maximum Gasteiger partial charge on any atom is 0.573 e. The highest BCUT2D eigenvalue weighted by Crippen LogP contribution is 2.48. The Morgan fingerprint density at radius 3 is 2.11 bits per heavy atom. The zero-order valence-corrected chi connectivity index (χ0v) is 21.3. The average Bonchev–Trinajstić information content (AvgIpc) is 2.81. The Morgan fingerprint density at radius 2 is 1.59 bits per heavy atom. The first-order chi connectivity index (χ1) is 17.2. The van der Waals surface area contributed by atoms with Crippen molar-refractivity contribution in [1.82, 2.24) is 4.90 Å². The van der Waals surface area contributed by atoms with Crippen molar-refractivity contribution in [2.45, 2.75) is 59.4 Å². The van der Waals surface area contributed by atoms with Crippen LogP contribution in [0.3, 0.4) is 0 Å². The van der Waals surface area contributed by atoms with Crippen LogP contribution in [0.1, 0.15) is 62.4 Å². The van der Waals surface area contributed by atoms with Gasteiger partial charge in [0, 0.05) is 30.7 Å². The predicted molar refractivity (Wildman–Crippen MR) is 134 cm³/mol. The molecule has 1 saturated carbocycles. The summed E-state index contributed by atoms with van der Waals surface area (Å²) in [6.07, 6.45) is -0.799. The summed E-state index contributed by atoms with van der Waals surface area (Å²) in [5.74, 6) is -0.768. The highest BCUT2D eigenvalue weighted by atomic mass is 19.4. The van der Waals surface area contributed by atoms with E-state index in [0.717, 1.165) is 31.2 Å². The number of alkyl halides is 3. The summed E-state index contributed by atoms with van der Waals surface area (Å²) in [7, 11) is 0. The maximum absolute atomic E-state index is 13.6. The molecule has 0 bridgehead atoms. The molecule has 0 radical (unpaired) electrons. The summed E-state index contributed by atoms with van der Waals surface area (Å²) >= 11 is 0. The summed E-state index contributed by atoms with van der Waals surface area (Å²) in [5.41, 5.74) is 1.56. The van der Waals surface area contributed by atoms with E-state index < -0.39 is 12.3 Å². The molecule has 2 aliphatic rings. The Bertz CT molecular complexity index is 1120. The molecule has 0 unspecified atom stereocenters. The number of carboxylic acids is 1. The van der Waals surface area contributed by atoms with Crippen LogP contribution in [0.15, 0.2) is 48.5 Å². The van der Waals surface area contributed by atoms with Gasteiger partial charge in [0.25, 0.3) is 0 Å². The quantitative estimate of drug-likeness (QED) is 0.465. The first-order valence-corrected chi connectivity index (χ1v) is 12.5. The van der Waals surface area contributed by atoms with Crippen molar-refractivity contribution in [2.24, 2.45) is 16.7 Å². The molecule has 2 amide bonds. The normalized spacial score (nSPS) is 22.9. The molecule has 2 aromatic rings. The molecule has 1 N–H and O–H groups in total. The van der Waals surface area contributed by atoms with Gasteiger partial charge < -0.3 is 14.7 Å². The topological polar surface area (TPSA) is 70.1 Å². The van der Waals surface area contributed by atoms with Crippen LogP contribution in [0.2, 0.25) is 0 Å². The van der Waals surface area contributed by atoms with Gasteiger partial charge in [0.05, 0.1) is 5.56 Å². The Morgan fingerprint density at radius 1 is 1.00 bits per heavy atom. The van der Waals surface area contributed by atoms with Gasteiger partial charge in [-0.25, -0.2) is 9.59 Å². The third-order valence-corrected chi connectivity index (χ3v) is 7.75. The van der Waals surface area contributed by atoms with E-state index in [9.17, 15) is 27.9 Å². The first-order valence-electron chi connectivity index (χ1n) is 12.5. The van der Waals surface area contributed by atoms with Crippen LogP contribution in [0.4, 0.5) is 23.7 Å². The standard InChI is InChI=1S/C28H33F3N2O4/c1-26(2,3)21-12-14-27(15-13-21)17-32(16-19-4-6-20(7-5-19)24(34)35)25(36)33(18-27)22-8-10-23(11-9-22)37-28(29,30)31/h4-11,21H,12-18H2,1-3H3,(H,34,35). The van der Waals surface area contributed by atoms with Gasteiger partial charge in [0.1, 0.15) is 5.75 Å². The third-order valence-electron chi connectivity index (χ3n) is 7.75. The molecular formula is C28H33F3N2O4. The van der Waals surface area contributed by atoms with Crippen LogP contribution in [-0.4, -0.2) is 41.5 Å². The van der Waals surface area contributed by atoms with Crippen LogP contribution in [-0.2, 0) is 6.54 Å². The van der Waals surface area contributed by atoms with E-state index >= 15 is 0 Å². The van der Waals surface area contributed by atoms with E-state index in [1.807, 2.05) is 0 Å². The van der Waals surface area contributed by atoms with Gasteiger partial charge in [0.15, 0.2) is 0 Å². The minimum atomic E-state index is -4.79. The number of halogens is 3. The molecule has 1 heterocycles. The zero-order valence-electron chi connectivity index (χ0n) is 21.3. The first kappa shape index (κ1) is 26.8. The van der Waals surface area contributed by atoms with Crippen molar-refractivity contribution in [3.8, 4) is 5.75 Å². The number of anilines is 1. The lowest BCUT2D eigenvalue weighted by atomic mass is 9.63.